The molecule has 2 N–H and O–H groups in total. The molecule has 1 amide bonds. The maximum atomic E-state index is 12.5. The van der Waals surface area contributed by atoms with Crippen LogP contribution in [0.25, 0.3) is 0 Å². The molecule has 0 aliphatic rings. The number of carbonyl (C=O) groups is 4. The molecule has 3 unspecified atom stereocenters. The summed E-state index contributed by atoms with van der Waals surface area (Å²) in [6.45, 7) is 13.2. The fraction of sp³-hybridized carbons (Fsp3) is 0.826. The summed E-state index contributed by atoms with van der Waals surface area (Å²) in [7, 11) is 0. The number of hydrogen-bond donors (Lipinski definition) is 2. The highest BCUT2D eigenvalue weighted by atomic mass is 16.2. The predicted octanol–water partition coefficient (Wildman–Crippen LogP) is 3.61. The first-order chi connectivity index (χ1) is 13.5. The summed E-state index contributed by atoms with van der Waals surface area (Å²) in [4.78, 5) is 48.8. The highest BCUT2D eigenvalue weighted by Crippen LogP contribution is 2.15. The van der Waals surface area contributed by atoms with E-state index in [4.69, 9.17) is 0 Å². The van der Waals surface area contributed by atoms with Crippen LogP contribution in [0.3, 0.4) is 0 Å². The van der Waals surface area contributed by atoms with Crippen molar-refractivity contribution < 1.29 is 19.2 Å². The van der Waals surface area contributed by atoms with Crippen molar-refractivity contribution in [1.29, 1.82) is 0 Å². The van der Waals surface area contributed by atoms with E-state index in [-0.39, 0.29) is 53.6 Å². The SMILES string of the molecule is CCC(=O)C(C)CCCC(NC(=O)CCC(NC(C)C)C(=O)CC)C(=O)C(C)C. The fourth-order valence-corrected chi connectivity index (χ4v) is 3.35. The third kappa shape index (κ3) is 11.3. The van der Waals surface area contributed by atoms with E-state index >= 15 is 0 Å². The van der Waals surface area contributed by atoms with Crippen molar-refractivity contribution >= 4 is 23.3 Å². The van der Waals surface area contributed by atoms with Crippen LogP contribution < -0.4 is 10.6 Å². The lowest BCUT2D eigenvalue weighted by Crippen LogP contribution is -2.44. The van der Waals surface area contributed by atoms with Crippen LogP contribution in [0.4, 0.5) is 0 Å². The second-order valence-electron chi connectivity index (χ2n) is 8.56. The molecule has 29 heavy (non-hydrogen) atoms. The van der Waals surface area contributed by atoms with Crippen LogP contribution in [0.2, 0.25) is 0 Å². The molecule has 3 atom stereocenters. The van der Waals surface area contributed by atoms with E-state index in [0.717, 1.165) is 6.42 Å². The molecule has 0 aromatic heterocycles. The van der Waals surface area contributed by atoms with E-state index < -0.39 is 6.04 Å². The molecule has 0 aliphatic carbocycles. The Hall–Kier alpha value is -1.56. The average Bonchev–Trinajstić information content (AvgIpc) is 2.67. The van der Waals surface area contributed by atoms with Gasteiger partial charge in [0, 0.05) is 37.1 Å². The van der Waals surface area contributed by atoms with Gasteiger partial charge < -0.3 is 10.6 Å². The minimum absolute atomic E-state index is 0.00862. The summed E-state index contributed by atoms with van der Waals surface area (Å²) in [5, 5.41) is 6.08. The molecular formula is C23H42N2O4. The van der Waals surface area contributed by atoms with Crippen molar-refractivity contribution in [3.8, 4) is 0 Å². The predicted molar refractivity (Wildman–Crippen MR) is 117 cm³/mol. The first-order valence-corrected chi connectivity index (χ1v) is 11.2. The van der Waals surface area contributed by atoms with Gasteiger partial charge in [-0.1, -0.05) is 54.9 Å². The number of carbonyl (C=O) groups excluding carboxylic acids is 4. The molecule has 0 bridgehead atoms. The van der Waals surface area contributed by atoms with Crippen LogP contribution in [0.5, 0.6) is 0 Å². The van der Waals surface area contributed by atoms with Gasteiger partial charge in [0.25, 0.3) is 0 Å². The second kappa shape index (κ2) is 14.4. The van der Waals surface area contributed by atoms with Gasteiger partial charge in [-0.3, -0.25) is 19.2 Å². The zero-order valence-electron chi connectivity index (χ0n) is 19.5. The molecule has 0 aromatic rings. The molecule has 0 rings (SSSR count). The van der Waals surface area contributed by atoms with Crippen LogP contribution in [-0.4, -0.2) is 41.4 Å². The molecule has 0 fully saturated rings. The summed E-state index contributed by atoms with van der Waals surface area (Å²) >= 11 is 0. The monoisotopic (exact) mass is 410 g/mol. The number of hydrogen-bond acceptors (Lipinski definition) is 5. The summed E-state index contributed by atoms with van der Waals surface area (Å²) in [5.74, 6) is -0.0724. The minimum atomic E-state index is -0.537. The molecule has 0 aliphatic heterocycles. The summed E-state index contributed by atoms with van der Waals surface area (Å²) in [6, 6.07) is -0.725. The molecule has 0 spiro atoms. The Balaban J connectivity index is 4.80. The molecular weight excluding hydrogens is 368 g/mol. The van der Waals surface area contributed by atoms with Gasteiger partial charge in [0.2, 0.25) is 5.91 Å². The number of amides is 1. The molecule has 6 heteroatoms. The van der Waals surface area contributed by atoms with E-state index in [1.807, 2.05) is 48.5 Å². The average molecular weight is 411 g/mol. The molecule has 168 valence electrons. The van der Waals surface area contributed by atoms with E-state index in [2.05, 4.69) is 10.6 Å². The van der Waals surface area contributed by atoms with Gasteiger partial charge in [-0.2, -0.15) is 0 Å². The first kappa shape index (κ1) is 27.4. The van der Waals surface area contributed by atoms with E-state index in [1.165, 1.54) is 0 Å². The van der Waals surface area contributed by atoms with Gasteiger partial charge in [0.05, 0.1) is 12.1 Å². The van der Waals surface area contributed by atoms with E-state index in [9.17, 15) is 19.2 Å². The van der Waals surface area contributed by atoms with Crippen molar-refractivity contribution in [1.82, 2.24) is 10.6 Å². The van der Waals surface area contributed by atoms with Gasteiger partial charge in [-0.25, -0.2) is 0 Å². The zero-order valence-corrected chi connectivity index (χ0v) is 19.5. The topological polar surface area (TPSA) is 92.3 Å². The Morgan fingerprint density at radius 1 is 0.759 bits per heavy atom. The van der Waals surface area contributed by atoms with Crippen molar-refractivity contribution in [3.63, 3.8) is 0 Å². The Labute approximate surface area is 177 Å². The van der Waals surface area contributed by atoms with Crippen molar-refractivity contribution in [2.45, 2.75) is 112 Å². The third-order valence-corrected chi connectivity index (χ3v) is 5.21. The van der Waals surface area contributed by atoms with Crippen LogP contribution >= 0.6 is 0 Å². The summed E-state index contributed by atoms with van der Waals surface area (Å²) in [6.07, 6.45) is 3.52. The molecule has 0 saturated heterocycles. The van der Waals surface area contributed by atoms with Crippen LogP contribution in [-0.2, 0) is 19.2 Å². The number of rotatable bonds is 16. The lowest BCUT2D eigenvalue weighted by molar-refractivity contribution is -0.130. The van der Waals surface area contributed by atoms with Crippen molar-refractivity contribution in [3.05, 3.63) is 0 Å². The minimum Gasteiger partial charge on any atom is -0.346 e. The maximum absolute atomic E-state index is 12.5. The smallest absolute Gasteiger partial charge is 0.220 e. The first-order valence-electron chi connectivity index (χ1n) is 11.2. The number of ketones is 3. The highest BCUT2D eigenvalue weighted by Gasteiger charge is 2.25. The quantitative estimate of drug-likeness (QED) is 0.405. The van der Waals surface area contributed by atoms with Gasteiger partial charge >= 0.3 is 0 Å². The Bertz CT molecular complexity index is 543. The number of Topliss-reactive ketones (excluding diaryl/α,β-unsaturated/α-hetero) is 3. The van der Waals surface area contributed by atoms with Crippen LogP contribution in [0, 0.1) is 11.8 Å². The molecule has 0 aromatic carbocycles. The highest BCUT2D eigenvalue weighted by molar-refractivity contribution is 5.90. The Kier molecular flexibility index (Phi) is 13.7. The molecule has 6 nitrogen and oxygen atoms in total. The lowest BCUT2D eigenvalue weighted by atomic mass is 9.92. The fourth-order valence-electron chi connectivity index (χ4n) is 3.35. The summed E-state index contributed by atoms with van der Waals surface area (Å²) < 4.78 is 0. The van der Waals surface area contributed by atoms with Crippen LogP contribution in [0.1, 0.15) is 93.4 Å². The van der Waals surface area contributed by atoms with Gasteiger partial charge in [0.15, 0.2) is 5.78 Å². The molecule has 0 saturated carbocycles. The third-order valence-electron chi connectivity index (χ3n) is 5.21. The standard InChI is InChI=1S/C23H42N2O4/c1-8-20(26)17(7)11-10-12-19(23(29)15(3)4)25-22(28)14-13-18(21(27)9-2)24-16(5)6/h15-19,24H,8-14H2,1-7H3,(H,25,28). The zero-order chi connectivity index (χ0) is 22.6. The van der Waals surface area contributed by atoms with Crippen LogP contribution in [0.15, 0.2) is 0 Å². The Morgan fingerprint density at radius 3 is 1.83 bits per heavy atom. The van der Waals surface area contributed by atoms with Gasteiger partial charge in [-0.05, 0) is 19.3 Å². The maximum Gasteiger partial charge on any atom is 0.220 e. The second-order valence-corrected chi connectivity index (χ2v) is 8.56. The van der Waals surface area contributed by atoms with Crippen molar-refractivity contribution in [2.24, 2.45) is 11.8 Å². The Morgan fingerprint density at radius 2 is 1.34 bits per heavy atom. The van der Waals surface area contributed by atoms with Gasteiger partial charge in [0.1, 0.15) is 11.6 Å². The largest absolute Gasteiger partial charge is 0.346 e. The summed E-state index contributed by atoms with van der Waals surface area (Å²) in [5.41, 5.74) is 0. The van der Waals surface area contributed by atoms with E-state index in [0.29, 0.717) is 32.1 Å². The normalized spacial score (nSPS) is 14.5. The number of nitrogens with one attached hydrogen (secondary N) is 2. The molecule has 0 heterocycles. The lowest BCUT2D eigenvalue weighted by Gasteiger charge is -2.22. The van der Waals surface area contributed by atoms with Crippen molar-refractivity contribution in [2.75, 3.05) is 0 Å². The van der Waals surface area contributed by atoms with Gasteiger partial charge in [-0.15, -0.1) is 0 Å². The molecule has 0 radical (unpaired) electrons. The van der Waals surface area contributed by atoms with E-state index in [1.54, 1.807) is 0 Å².